The number of fused-ring (bicyclic) bond motifs is 1. The molecule has 1 heteroatoms. The second-order valence-electron chi connectivity index (χ2n) is 3.53. The quantitative estimate of drug-likeness (QED) is 0.505. The van der Waals surface area contributed by atoms with Crippen molar-refractivity contribution in [3.63, 3.8) is 0 Å². The van der Waals surface area contributed by atoms with Crippen molar-refractivity contribution in [1.29, 1.82) is 0 Å². The van der Waals surface area contributed by atoms with Crippen LogP contribution in [0.4, 0.5) is 0 Å². The van der Waals surface area contributed by atoms with Gasteiger partial charge in [-0.05, 0) is 37.5 Å². The van der Waals surface area contributed by atoms with Gasteiger partial charge in [-0.3, -0.25) is 0 Å². The van der Waals surface area contributed by atoms with Gasteiger partial charge in [0, 0.05) is 6.04 Å². The Hall–Kier alpha value is -0.300. The van der Waals surface area contributed by atoms with Gasteiger partial charge in [0.1, 0.15) is 0 Å². The summed E-state index contributed by atoms with van der Waals surface area (Å²) in [6.45, 7) is 0. The van der Waals surface area contributed by atoms with E-state index in [9.17, 15) is 0 Å². The highest BCUT2D eigenvalue weighted by molar-refractivity contribution is 5.04. The molecule has 0 bridgehead atoms. The molecule has 10 heavy (non-hydrogen) atoms. The second-order valence-corrected chi connectivity index (χ2v) is 3.53. The standard InChI is InChI=1S/C9H15N/c10-9-7-5-3-1-2-4-6-8(7)9/h1-2,7-9H,3-6,10H2/b2-1-. The van der Waals surface area contributed by atoms with Crippen LogP contribution in [0.15, 0.2) is 12.2 Å². The lowest BCUT2D eigenvalue weighted by atomic mass is 10.1. The van der Waals surface area contributed by atoms with E-state index in [-0.39, 0.29) is 0 Å². The Morgan fingerprint density at radius 2 is 1.50 bits per heavy atom. The second kappa shape index (κ2) is 2.39. The van der Waals surface area contributed by atoms with Crippen molar-refractivity contribution in [2.24, 2.45) is 17.6 Å². The van der Waals surface area contributed by atoms with E-state index in [4.69, 9.17) is 5.73 Å². The van der Waals surface area contributed by atoms with E-state index in [1.165, 1.54) is 25.7 Å². The molecule has 2 aliphatic rings. The van der Waals surface area contributed by atoms with Crippen LogP contribution in [-0.2, 0) is 0 Å². The Balaban J connectivity index is 1.94. The maximum absolute atomic E-state index is 5.88. The molecule has 1 fully saturated rings. The van der Waals surface area contributed by atoms with Crippen molar-refractivity contribution in [3.8, 4) is 0 Å². The number of nitrogens with two attached hydrogens (primary N) is 1. The van der Waals surface area contributed by atoms with E-state index < -0.39 is 0 Å². The van der Waals surface area contributed by atoms with E-state index in [0.717, 1.165) is 11.8 Å². The minimum absolute atomic E-state index is 0.555. The van der Waals surface area contributed by atoms with Gasteiger partial charge in [-0.2, -0.15) is 0 Å². The molecule has 2 N–H and O–H groups in total. The van der Waals surface area contributed by atoms with Crippen molar-refractivity contribution in [2.75, 3.05) is 0 Å². The topological polar surface area (TPSA) is 26.0 Å². The zero-order chi connectivity index (χ0) is 6.97. The summed E-state index contributed by atoms with van der Waals surface area (Å²) in [4.78, 5) is 0. The molecule has 2 aliphatic carbocycles. The van der Waals surface area contributed by atoms with Crippen LogP contribution in [0.25, 0.3) is 0 Å². The van der Waals surface area contributed by atoms with E-state index in [1.54, 1.807) is 0 Å². The molecule has 0 aliphatic heterocycles. The summed E-state index contributed by atoms with van der Waals surface area (Å²) in [7, 11) is 0. The van der Waals surface area contributed by atoms with Crippen LogP contribution in [0.1, 0.15) is 25.7 Å². The smallest absolute Gasteiger partial charge is 0.0102 e. The van der Waals surface area contributed by atoms with Crippen LogP contribution in [0.3, 0.4) is 0 Å². The first-order chi connectivity index (χ1) is 4.89. The molecule has 0 amide bonds. The van der Waals surface area contributed by atoms with Crippen LogP contribution in [0.2, 0.25) is 0 Å². The fourth-order valence-corrected chi connectivity index (χ4v) is 2.10. The van der Waals surface area contributed by atoms with Crippen LogP contribution in [0.5, 0.6) is 0 Å². The molecule has 0 aromatic heterocycles. The molecule has 0 spiro atoms. The summed E-state index contributed by atoms with van der Waals surface area (Å²) in [6, 6.07) is 0.555. The van der Waals surface area contributed by atoms with Crippen molar-refractivity contribution in [1.82, 2.24) is 0 Å². The van der Waals surface area contributed by atoms with E-state index in [2.05, 4.69) is 12.2 Å². The largest absolute Gasteiger partial charge is 0.327 e. The van der Waals surface area contributed by atoms with Gasteiger partial charge in [0.2, 0.25) is 0 Å². The first-order valence-corrected chi connectivity index (χ1v) is 4.30. The molecule has 1 saturated carbocycles. The van der Waals surface area contributed by atoms with Gasteiger partial charge in [-0.25, -0.2) is 0 Å². The number of hydrogen-bond acceptors (Lipinski definition) is 1. The predicted octanol–water partition coefficient (Wildman–Crippen LogP) is 1.69. The Labute approximate surface area is 62.3 Å². The third kappa shape index (κ3) is 0.988. The van der Waals surface area contributed by atoms with Crippen molar-refractivity contribution in [3.05, 3.63) is 12.2 Å². The van der Waals surface area contributed by atoms with Crippen molar-refractivity contribution >= 4 is 0 Å². The summed E-state index contributed by atoms with van der Waals surface area (Å²) in [5.41, 5.74) is 5.88. The molecule has 0 heterocycles. The van der Waals surface area contributed by atoms with Gasteiger partial charge in [-0.1, -0.05) is 12.2 Å². The summed E-state index contributed by atoms with van der Waals surface area (Å²) in [6.07, 6.45) is 9.80. The molecule has 1 nitrogen and oxygen atoms in total. The van der Waals surface area contributed by atoms with Crippen LogP contribution in [0, 0.1) is 11.8 Å². The third-order valence-electron chi connectivity index (χ3n) is 2.90. The molecule has 0 radical (unpaired) electrons. The maximum Gasteiger partial charge on any atom is 0.0102 e. The highest BCUT2D eigenvalue weighted by Crippen LogP contribution is 2.44. The van der Waals surface area contributed by atoms with Crippen molar-refractivity contribution in [2.45, 2.75) is 31.7 Å². The van der Waals surface area contributed by atoms with Gasteiger partial charge in [0.25, 0.3) is 0 Å². The first-order valence-electron chi connectivity index (χ1n) is 4.30. The lowest BCUT2D eigenvalue weighted by Gasteiger charge is -1.98. The molecule has 2 atom stereocenters. The van der Waals surface area contributed by atoms with Gasteiger partial charge < -0.3 is 5.73 Å². The first kappa shape index (κ1) is 6.41. The van der Waals surface area contributed by atoms with E-state index in [1.807, 2.05) is 0 Å². The molecule has 56 valence electrons. The van der Waals surface area contributed by atoms with E-state index in [0.29, 0.717) is 6.04 Å². The van der Waals surface area contributed by atoms with Crippen LogP contribution in [-0.4, -0.2) is 6.04 Å². The molecule has 0 aromatic carbocycles. The van der Waals surface area contributed by atoms with Crippen LogP contribution < -0.4 is 5.73 Å². The minimum atomic E-state index is 0.555. The third-order valence-corrected chi connectivity index (χ3v) is 2.90. The molecular formula is C9H15N. The average Bonchev–Trinajstić information content (AvgIpc) is 2.39. The number of rotatable bonds is 0. The molecule has 0 saturated heterocycles. The summed E-state index contributed by atoms with van der Waals surface area (Å²) < 4.78 is 0. The Kier molecular flexibility index (Phi) is 1.53. The normalized spacial score (nSPS) is 48.7. The van der Waals surface area contributed by atoms with Gasteiger partial charge >= 0.3 is 0 Å². The van der Waals surface area contributed by atoms with Gasteiger partial charge in [-0.15, -0.1) is 0 Å². The summed E-state index contributed by atoms with van der Waals surface area (Å²) in [5.74, 6) is 1.76. The zero-order valence-electron chi connectivity index (χ0n) is 6.29. The fourth-order valence-electron chi connectivity index (χ4n) is 2.10. The predicted molar refractivity (Wildman–Crippen MR) is 42.6 cm³/mol. The molecular weight excluding hydrogens is 122 g/mol. The van der Waals surface area contributed by atoms with E-state index >= 15 is 0 Å². The Morgan fingerprint density at radius 1 is 1.00 bits per heavy atom. The molecule has 0 aromatic rings. The zero-order valence-corrected chi connectivity index (χ0v) is 6.29. The van der Waals surface area contributed by atoms with Gasteiger partial charge in [0.05, 0.1) is 0 Å². The lowest BCUT2D eigenvalue weighted by Crippen LogP contribution is -2.03. The van der Waals surface area contributed by atoms with Gasteiger partial charge in [0.15, 0.2) is 0 Å². The maximum atomic E-state index is 5.88. The lowest BCUT2D eigenvalue weighted by molar-refractivity contribution is 0.605. The molecule has 2 unspecified atom stereocenters. The average molecular weight is 137 g/mol. The highest BCUT2D eigenvalue weighted by Gasteiger charge is 2.45. The van der Waals surface area contributed by atoms with Crippen molar-refractivity contribution < 1.29 is 0 Å². The highest BCUT2D eigenvalue weighted by atomic mass is 14.8. The summed E-state index contributed by atoms with van der Waals surface area (Å²) in [5, 5.41) is 0. The Morgan fingerprint density at radius 3 is 2.00 bits per heavy atom. The summed E-state index contributed by atoms with van der Waals surface area (Å²) >= 11 is 0. The minimum Gasteiger partial charge on any atom is -0.327 e. The molecule has 2 rings (SSSR count). The number of hydrogen-bond donors (Lipinski definition) is 1. The fraction of sp³-hybridized carbons (Fsp3) is 0.778. The Bertz CT molecular complexity index is 135. The monoisotopic (exact) mass is 137 g/mol. The number of allylic oxidation sites excluding steroid dienone is 2. The SMILES string of the molecule is NC1C2CC/C=C\CCC12. The van der Waals surface area contributed by atoms with Crippen LogP contribution >= 0.6 is 0 Å².